The van der Waals surface area contributed by atoms with Crippen LogP contribution in [0.5, 0.6) is 0 Å². The maximum atomic E-state index is 11.8. The van der Waals surface area contributed by atoms with Gasteiger partial charge in [0.2, 0.25) is 5.91 Å². The van der Waals surface area contributed by atoms with Gasteiger partial charge < -0.3 is 15.5 Å². The molecule has 6 heteroatoms. The second-order valence-electron chi connectivity index (χ2n) is 6.57. The molecule has 0 heterocycles. The average molecular weight is 464 g/mol. The van der Waals surface area contributed by atoms with Crippen LogP contribution < -0.4 is 10.6 Å². The van der Waals surface area contributed by atoms with Gasteiger partial charge in [0.15, 0.2) is 5.96 Å². The Morgan fingerprint density at radius 1 is 1.24 bits per heavy atom. The molecule has 0 aromatic carbocycles. The lowest BCUT2D eigenvalue weighted by Gasteiger charge is -2.24. The van der Waals surface area contributed by atoms with E-state index in [-0.39, 0.29) is 35.8 Å². The molecular weight excluding hydrogens is 427 g/mol. The highest BCUT2D eigenvalue weighted by atomic mass is 127. The quantitative estimate of drug-likeness (QED) is 0.153. The molecule has 1 fully saturated rings. The van der Waals surface area contributed by atoms with Gasteiger partial charge >= 0.3 is 0 Å². The number of aliphatic imine (C=N–C) groups is 1. The first-order valence-corrected chi connectivity index (χ1v) is 9.57. The fourth-order valence-electron chi connectivity index (χ4n) is 2.68. The molecule has 0 bridgehead atoms. The average Bonchev–Trinajstić information content (AvgIpc) is 2.51. The Bertz CT molecular complexity index is 397. The van der Waals surface area contributed by atoms with Crippen LogP contribution in [0, 0.1) is 5.92 Å². The monoisotopic (exact) mass is 464 g/mol. The van der Waals surface area contributed by atoms with Crippen LogP contribution in [0.25, 0.3) is 0 Å². The van der Waals surface area contributed by atoms with Gasteiger partial charge in [-0.1, -0.05) is 18.9 Å². The predicted molar refractivity (Wildman–Crippen MR) is 118 cm³/mol. The third kappa shape index (κ3) is 10.7. The van der Waals surface area contributed by atoms with Crippen molar-refractivity contribution in [2.45, 2.75) is 58.3 Å². The molecule has 1 amide bonds. The van der Waals surface area contributed by atoms with Crippen LogP contribution in [0.3, 0.4) is 0 Å². The molecule has 0 atom stereocenters. The van der Waals surface area contributed by atoms with Gasteiger partial charge in [0.1, 0.15) is 0 Å². The van der Waals surface area contributed by atoms with Gasteiger partial charge in [-0.05, 0) is 45.4 Å². The molecular formula is C19H37IN4O. The van der Waals surface area contributed by atoms with Gasteiger partial charge in [0.05, 0.1) is 0 Å². The van der Waals surface area contributed by atoms with Crippen molar-refractivity contribution < 1.29 is 4.79 Å². The van der Waals surface area contributed by atoms with E-state index in [0.717, 1.165) is 57.8 Å². The molecule has 0 saturated heterocycles. The second-order valence-corrected chi connectivity index (χ2v) is 6.57. The summed E-state index contributed by atoms with van der Waals surface area (Å²) in [6, 6.07) is 0. The third-order valence-electron chi connectivity index (χ3n) is 4.47. The number of halogens is 1. The molecule has 146 valence electrons. The Hall–Kier alpha value is -0.790. The summed E-state index contributed by atoms with van der Waals surface area (Å²) in [6.07, 6.45) is 10.9. The zero-order chi connectivity index (χ0) is 17.6. The number of nitrogens with zero attached hydrogens (tertiary/aromatic N) is 2. The molecule has 0 aliphatic heterocycles. The van der Waals surface area contributed by atoms with Gasteiger partial charge in [-0.2, -0.15) is 0 Å². The lowest BCUT2D eigenvalue weighted by Crippen LogP contribution is -2.39. The summed E-state index contributed by atoms with van der Waals surface area (Å²) in [7, 11) is 2.09. The summed E-state index contributed by atoms with van der Waals surface area (Å²) in [5, 5.41) is 6.37. The van der Waals surface area contributed by atoms with Crippen molar-refractivity contribution in [2.24, 2.45) is 10.9 Å². The van der Waals surface area contributed by atoms with Crippen molar-refractivity contribution >= 4 is 35.8 Å². The number of rotatable bonds is 12. The minimum absolute atomic E-state index is 0. The van der Waals surface area contributed by atoms with Crippen molar-refractivity contribution in [1.82, 2.24) is 15.5 Å². The summed E-state index contributed by atoms with van der Waals surface area (Å²) in [5.74, 6) is 1.47. The fraction of sp³-hybridized carbons (Fsp3) is 0.789. The molecule has 1 aliphatic rings. The summed E-state index contributed by atoms with van der Waals surface area (Å²) >= 11 is 0. The Kier molecular flexibility index (Phi) is 15.0. The van der Waals surface area contributed by atoms with Crippen LogP contribution >= 0.6 is 24.0 Å². The molecule has 1 rings (SSSR count). The largest absolute Gasteiger partial charge is 0.357 e. The predicted octanol–water partition coefficient (Wildman–Crippen LogP) is 3.55. The van der Waals surface area contributed by atoms with E-state index >= 15 is 0 Å². The normalized spacial score (nSPS) is 14.2. The molecule has 25 heavy (non-hydrogen) atoms. The number of allylic oxidation sites excluding steroid dienone is 1. The van der Waals surface area contributed by atoms with Gasteiger partial charge in [-0.3, -0.25) is 9.79 Å². The standard InChI is InChI=1S/C19H36N4O.HI/c1-4-6-7-8-9-16-23(3)19(20-5-2)22-15-11-14-21-18(24)17-12-10-13-17;/h4,17H,1,5-16H2,2-3H3,(H,20,22)(H,21,24);1H. The van der Waals surface area contributed by atoms with E-state index in [0.29, 0.717) is 0 Å². The van der Waals surface area contributed by atoms with Gasteiger partial charge in [-0.15, -0.1) is 30.6 Å². The molecule has 1 saturated carbocycles. The Labute approximate surface area is 171 Å². The van der Waals surface area contributed by atoms with E-state index in [1.54, 1.807) is 0 Å². The number of hydrogen-bond donors (Lipinski definition) is 2. The van der Waals surface area contributed by atoms with Crippen molar-refractivity contribution in [2.75, 3.05) is 33.2 Å². The first kappa shape index (κ1) is 24.2. The number of guanidine groups is 1. The number of nitrogens with one attached hydrogen (secondary N) is 2. The topological polar surface area (TPSA) is 56.7 Å². The van der Waals surface area contributed by atoms with Gasteiger partial charge in [0, 0.05) is 39.1 Å². The first-order chi connectivity index (χ1) is 11.7. The fourth-order valence-corrected chi connectivity index (χ4v) is 2.68. The van der Waals surface area contributed by atoms with Crippen molar-refractivity contribution in [3.05, 3.63) is 12.7 Å². The number of carbonyl (C=O) groups excluding carboxylic acids is 1. The van der Waals surface area contributed by atoms with Crippen LogP contribution in [0.1, 0.15) is 58.3 Å². The maximum Gasteiger partial charge on any atom is 0.223 e. The highest BCUT2D eigenvalue weighted by molar-refractivity contribution is 14.0. The van der Waals surface area contributed by atoms with Crippen molar-refractivity contribution in [1.29, 1.82) is 0 Å². The van der Waals surface area contributed by atoms with Gasteiger partial charge in [0.25, 0.3) is 0 Å². The molecule has 1 aliphatic carbocycles. The second kappa shape index (κ2) is 15.5. The number of amides is 1. The maximum absolute atomic E-state index is 11.8. The Morgan fingerprint density at radius 3 is 2.60 bits per heavy atom. The summed E-state index contributed by atoms with van der Waals surface area (Å²) < 4.78 is 0. The molecule has 2 N–H and O–H groups in total. The molecule has 0 radical (unpaired) electrons. The summed E-state index contributed by atoms with van der Waals surface area (Å²) in [4.78, 5) is 18.6. The molecule has 0 aromatic rings. The van der Waals surface area contributed by atoms with Crippen LogP contribution in [-0.2, 0) is 4.79 Å². The lowest BCUT2D eigenvalue weighted by molar-refractivity contribution is -0.127. The van der Waals surface area contributed by atoms with Crippen LogP contribution in [-0.4, -0.2) is 50.0 Å². The van der Waals surface area contributed by atoms with E-state index in [9.17, 15) is 4.79 Å². The number of unbranched alkanes of at least 4 members (excludes halogenated alkanes) is 3. The minimum Gasteiger partial charge on any atom is -0.357 e. The van der Waals surface area contributed by atoms with E-state index in [2.05, 4.69) is 41.1 Å². The summed E-state index contributed by atoms with van der Waals surface area (Å²) in [5.41, 5.74) is 0. The molecule has 5 nitrogen and oxygen atoms in total. The highest BCUT2D eigenvalue weighted by Crippen LogP contribution is 2.25. The SMILES string of the molecule is C=CCCCCCN(C)C(=NCCCNC(=O)C1CCC1)NCC.I. The summed E-state index contributed by atoms with van der Waals surface area (Å²) in [6.45, 7) is 9.21. The smallest absolute Gasteiger partial charge is 0.223 e. The number of carbonyl (C=O) groups is 1. The molecule has 0 unspecified atom stereocenters. The van der Waals surface area contributed by atoms with Crippen LogP contribution in [0.4, 0.5) is 0 Å². The first-order valence-electron chi connectivity index (χ1n) is 9.57. The zero-order valence-corrected chi connectivity index (χ0v) is 18.4. The molecule has 0 spiro atoms. The van der Waals surface area contributed by atoms with Gasteiger partial charge in [-0.25, -0.2) is 0 Å². The zero-order valence-electron chi connectivity index (χ0n) is 16.1. The van der Waals surface area contributed by atoms with Crippen LogP contribution in [0.2, 0.25) is 0 Å². The van der Waals surface area contributed by atoms with E-state index in [1.165, 1.54) is 25.7 Å². The molecule has 0 aromatic heterocycles. The van der Waals surface area contributed by atoms with Crippen molar-refractivity contribution in [3.8, 4) is 0 Å². The van der Waals surface area contributed by atoms with Crippen LogP contribution in [0.15, 0.2) is 17.6 Å². The lowest BCUT2D eigenvalue weighted by atomic mass is 9.85. The van der Waals surface area contributed by atoms with Crippen molar-refractivity contribution in [3.63, 3.8) is 0 Å². The number of hydrogen-bond acceptors (Lipinski definition) is 2. The Balaban J connectivity index is 0.00000576. The Morgan fingerprint density at radius 2 is 2.00 bits per heavy atom. The minimum atomic E-state index is 0. The van der Waals surface area contributed by atoms with E-state index in [4.69, 9.17) is 0 Å². The van der Waals surface area contributed by atoms with E-state index in [1.807, 2.05) is 6.08 Å². The third-order valence-corrected chi connectivity index (χ3v) is 4.47. The van der Waals surface area contributed by atoms with E-state index < -0.39 is 0 Å². The highest BCUT2D eigenvalue weighted by Gasteiger charge is 2.24.